The molecule has 0 fully saturated rings. The Kier molecular flexibility index (Phi) is 6.12. The summed E-state index contributed by atoms with van der Waals surface area (Å²) in [4.78, 5) is 38.2. The van der Waals surface area contributed by atoms with E-state index >= 15 is 0 Å². The number of thiocarbonyl (C=S) groups is 1. The first-order valence-electron chi connectivity index (χ1n) is 12.2. The fourth-order valence-electron chi connectivity index (χ4n) is 5.40. The van der Waals surface area contributed by atoms with E-state index in [-0.39, 0.29) is 43.1 Å². The molecule has 0 N–H and O–H groups in total. The minimum absolute atomic E-state index is 0.139. The standard InChI is InChI=1S/C30H23NO5S/c32-20(17-37)10-12-35-14-15-36-13-11-31-29(33)24-16-19-6-3-8-22-21-7-1-4-18-5-2-9-23(25(18)21)27(26(19)22)28(24)30(31)34/h1-9,16-17H,10-15H2. The molecular weight excluding hydrogens is 486 g/mol. The van der Waals surface area contributed by atoms with E-state index in [2.05, 4.69) is 42.5 Å². The lowest BCUT2D eigenvalue weighted by molar-refractivity contribution is -0.113. The Morgan fingerprint density at radius 3 is 2.08 bits per heavy atom. The van der Waals surface area contributed by atoms with Crippen molar-refractivity contribution in [1.29, 1.82) is 0 Å². The van der Waals surface area contributed by atoms with Crippen LogP contribution in [0.2, 0.25) is 0 Å². The molecule has 0 saturated carbocycles. The van der Waals surface area contributed by atoms with Crippen LogP contribution in [-0.2, 0) is 20.8 Å². The second-order valence-corrected chi connectivity index (χ2v) is 9.34. The number of ether oxygens (including phenoxy) is 2. The molecule has 1 heterocycles. The number of benzene rings is 5. The van der Waals surface area contributed by atoms with Crippen molar-refractivity contribution >= 4 is 77.2 Å². The van der Waals surface area contributed by atoms with Crippen molar-refractivity contribution in [2.45, 2.75) is 13.0 Å². The van der Waals surface area contributed by atoms with Gasteiger partial charge in [0, 0.05) is 17.2 Å². The largest absolute Gasteiger partial charge is 0.379 e. The lowest BCUT2D eigenvalue weighted by atomic mass is 9.88. The molecule has 6 aromatic rings. The summed E-state index contributed by atoms with van der Waals surface area (Å²) < 4.78 is 12.2. The Morgan fingerprint density at radius 2 is 1.35 bits per heavy atom. The SMILES string of the molecule is O=C(C=S)CCOCCOCCn1c(=O)c2cc3cccc4c5cccc6cccc(c65)c(c2c1=O)c34. The predicted octanol–water partition coefficient (Wildman–Crippen LogP) is 4.84. The molecule has 0 unspecified atom stereocenters. The van der Waals surface area contributed by atoms with Crippen LogP contribution in [0.4, 0.5) is 0 Å². The van der Waals surface area contributed by atoms with Gasteiger partial charge in [-0.3, -0.25) is 19.0 Å². The molecule has 6 nitrogen and oxygen atoms in total. The summed E-state index contributed by atoms with van der Waals surface area (Å²) in [6, 6.07) is 20.3. The van der Waals surface area contributed by atoms with E-state index in [9.17, 15) is 14.4 Å². The summed E-state index contributed by atoms with van der Waals surface area (Å²) in [6.07, 6.45) is 0.245. The minimum Gasteiger partial charge on any atom is -0.379 e. The first-order chi connectivity index (χ1) is 18.1. The number of nitrogens with zero attached hydrogens (tertiary/aromatic N) is 1. The summed E-state index contributed by atoms with van der Waals surface area (Å²) in [5.74, 6) is -0.139. The summed E-state index contributed by atoms with van der Waals surface area (Å²) >= 11 is 4.58. The van der Waals surface area contributed by atoms with E-state index in [1.165, 1.54) is 4.57 Å². The van der Waals surface area contributed by atoms with Crippen LogP contribution in [-0.4, -0.2) is 42.1 Å². The summed E-state index contributed by atoms with van der Waals surface area (Å²) in [6.45, 7) is 1.24. The third kappa shape index (κ3) is 3.87. The van der Waals surface area contributed by atoms with Gasteiger partial charge in [-0.15, -0.1) is 0 Å². The third-order valence-electron chi connectivity index (χ3n) is 7.02. The van der Waals surface area contributed by atoms with Crippen molar-refractivity contribution < 1.29 is 14.3 Å². The van der Waals surface area contributed by atoms with E-state index in [4.69, 9.17) is 9.47 Å². The zero-order chi connectivity index (χ0) is 25.5. The van der Waals surface area contributed by atoms with Crippen LogP contribution < -0.4 is 11.1 Å². The van der Waals surface area contributed by atoms with E-state index < -0.39 is 0 Å². The molecule has 0 spiro atoms. The van der Waals surface area contributed by atoms with Gasteiger partial charge in [-0.25, -0.2) is 0 Å². The second kappa shape index (κ2) is 9.59. The number of hydrogen-bond donors (Lipinski definition) is 0. The molecule has 6 rings (SSSR count). The van der Waals surface area contributed by atoms with Gasteiger partial charge in [-0.05, 0) is 43.8 Å². The van der Waals surface area contributed by atoms with E-state index in [0.717, 1.165) is 48.5 Å². The van der Waals surface area contributed by atoms with Crippen molar-refractivity contribution in [3.05, 3.63) is 81.4 Å². The first kappa shape index (κ1) is 23.6. The maximum Gasteiger partial charge on any atom is 0.262 e. The predicted molar refractivity (Wildman–Crippen MR) is 152 cm³/mol. The van der Waals surface area contributed by atoms with Crippen molar-refractivity contribution in [2.24, 2.45) is 0 Å². The van der Waals surface area contributed by atoms with Gasteiger partial charge >= 0.3 is 0 Å². The van der Waals surface area contributed by atoms with Crippen LogP contribution in [0.15, 0.2) is 70.3 Å². The number of rotatable bonds is 10. The summed E-state index contributed by atoms with van der Waals surface area (Å²) in [5, 5.41) is 10.2. The molecule has 184 valence electrons. The van der Waals surface area contributed by atoms with Crippen LogP contribution in [0.25, 0.3) is 53.9 Å². The molecule has 0 aliphatic carbocycles. The molecular formula is C30H23NO5S. The Bertz CT molecular complexity index is 1920. The first-order valence-corrected chi connectivity index (χ1v) is 12.7. The van der Waals surface area contributed by atoms with Crippen LogP contribution in [0.5, 0.6) is 0 Å². The molecule has 0 saturated heterocycles. The number of carbonyl (C=O) groups is 1. The topological polar surface area (TPSA) is 74.6 Å². The van der Waals surface area contributed by atoms with Gasteiger partial charge in [-0.2, -0.15) is 0 Å². The quantitative estimate of drug-likeness (QED) is 0.114. The highest BCUT2D eigenvalue weighted by atomic mass is 32.1. The second-order valence-electron chi connectivity index (χ2n) is 9.11. The highest BCUT2D eigenvalue weighted by Crippen LogP contribution is 2.42. The molecule has 7 heteroatoms. The van der Waals surface area contributed by atoms with E-state index in [0.29, 0.717) is 24.0 Å². The zero-order valence-corrected chi connectivity index (χ0v) is 20.8. The van der Waals surface area contributed by atoms with Crippen LogP contribution in [0.1, 0.15) is 6.42 Å². The van der Waals surface area contributed by atoms with Gasteiger partial charge < -0.3 is 9.47 Å². The van der Waals surface area contributed by atoms with Crippen LogP contribution in [0, 0.1) is 0 Å². The number of Topliss-reactive ketones (excluding diaryl/α,β-unsaturated/α-hetero) is 1. The van der Waals surface area contributed by atoms with E-state index in [1.54, 1.807) is 0 Å². The third-order valence-corrected chi connectivity index (χ3v) is 7.28. The lowest BCUT2D eigenvalue weighted by Gasteiger charge is -2.14. The molecule has 0 bridgehead atoms. The molecule has 0 amide bonds. The Labute approximate surface area is 216 Å². The maximum absolute atomic E-state index is 13.7. The average Bonchev–Trinajstić information content (AvgIpc) is 3.16. The number of hydrogen-bond acceptors (Lipinski definition) is 6. The highest BCUT2D eigenvalue weighted by molar-refractivity contribution is 7.80. The van der Waals surface area contributed by atoms with Crippen LogP contribution in [0.3, 0.4) is 0 Å². The smallest absolute Gasteiger partial charge is 0.262 e. The Hall–Kier alpha value is -3.78. The van der Waals surface area contributed by atoms with Crippen molar-refractivity contribution in [3.8, 4) is 0 Å². The molecule has 0 aliphatic rings. The minimum atomic E-state index is -0.298. The maximum atomic E-state index is 13.7. The molecule has 37 heavy (non-hydrogen) atoms. The molecule has 0 radical (unpaired) electrons. The Balaban J connectivity index is 1.38. The molecule has 1 aromatic heterocycles. The normalized spacial score (nSPS) is 12.0. The summed E-state index contributed by atoms with van der Waals surface area (Å²) in [7, 11) is 0. The molecule has 5 aromatic carbocycles. The number of carbonyl (C=O) groups excluding carboxylic acids is 1. The Morgan fingerprint density at radius 1 is 0.703 bits per heavy atom. The zero-order valence-electron chi connectivity index (χ0n) is 20.0. The molecule has 0 atom stereocenters. The molecule has 0 aliphatic heterocycles. The fourth-order valence-corrected chi connectivity index (χ4v) is 5.52. The summed E-state index contributed by atoms with van der Waals surface area (Å²) in [5.41, 5.74) is -0.588. The van der Waals surface area contributed by atoms with Crippen molar-refractivity contribution in [1.82, 2.24) is 4.57 Å². The monoisotopic (exact) mass is 509 g/mol. The average molecular weight is 510 g/mol. The highest BCUT2D eigenvalue weighted by Gasteiger charge is 2.21. The van der Waals surface area contributed by atoms with Crippen LogP contribution >= 0.6 is 12.2 Å². The van der Waals surface area contributed by atoms with Gasteiger partial charge in [0.1, 0.15) is 0 Å². The van der Waals surface area contributed by atoms with Gasteiger partial charge in [0.2, 0.25) is 0 Å². The number of aromatic nitrogens is 1. The van der Waals surface area contributed by atoms with Crippen molar-refractivity contribution in [3.63, 3.8) is 0 Å². The van der Waals surface area contributed by atoms with Gasteiger partial charge in [-0.1, -0.05) is 66.8 Å². The fraction of sp³-hybridized carbons (Fsp3) is 0.200. The van der Waals surface area contributed by atoms with Gasteiger partial charge in [0.15, 0.2) is 5.78 Å². The van der Waals surface area contributed by atoms with Gasteiger partial charge in [0.05, 0.1) is 43.7 Å². The van der Waals surface area contributed by atoms with Crippen molar-refractivity contribution in [2.75, 3.05) is 26.4 Å². The van der Waals surface area contributed by atoms with Gasteiger partial charge in [0.25, 0.3) is 11.1 Å². The lowest BCUT2D eigenvalue weighted by Crippen LogP contribution is -2.27. The number of ketones is 1. The van der Waals surface area contributed by atoms with E-state index in [1.807, 2.05) is 30.3 Å². The number of fused-ring (bicyclic) bond motifs is 4.